The zero-order valence-corrected chi connectivity index (χ0v) is 10.8. The number of aliphatic hydroxyl groups excluding tert-OH is 1. The van der Waals surface area contributed by atoms with Crippen LogP contribution in [0.1, 0.15) is 5.56 Å². The van der Waals surface area contributed by atoms with Gasteiger partial charge in [-0.3, -0.25) is 4.68 Å². The van der Waals surface area contributed by atoms with Gasteiger partial charge in [-0.25, -0.2) is 0 Å². The quantitative estimate of drug-likeness (QED) is 0.903. The lowest BCUT2D eigenvalue weighted by Crippen LogP contribution is -2.23. The lowest BCUT2D eigenvalue weighted by molar-refractivity contribution is 0.0893. The van der Waals surface area contributed by atoms with Gasteiger partial charge in [0, 0.05) is 12.4 Å². The highest BCUT2D eigenvalue weighted by Crippen LogP contribution is 2.25. The van der Waals surface area contributed by atoms with E-state index >= 15 is 0 Å². The maximum atomic E-state index is 9.81. The van der Waals surface area contributed by atoms with Crippen LogP contribution in [0.5, 0.6) is 5.75 Å². The Hall–Kier alpha value is -1.52. The van der Waals surface area contributed by atoms with Gasteiger partial charge < -0.3 is 9.84 Å². The van der Waals surface area contributed by atoms with E-state index in [2.05, 4.69) is 5.10 Å². The summed E-state index contributed by atoms with van der Waals surface area (Å²) in [4.78, 5) is 0. The molecule has 0 saturated carbocycles. The largest absolute Gasteiger partial charge is 0.489 e. The summed E-state index contributed by atoms with van der Waals surface area (Å²) in [6.07, 6.45) is 2.84. The number of hydrogen-bond donors (Lipinski definition) is 1. The highest BCUT2D eigenvalue weighted by molar-refractivity contribution is 6.32. The lowest BCUT2D eigenvalue weighted by Gasteiger charge is -2.13. The molecule has 96 valence electrons. The van der Waals surface area contributed by atoms with Crippen LogP contribution in [0.4, 0.5) is 0 Å². The summed E-state index contributed by atoms with van der Waals surface area (Å²) < 4.78 is 7.16. The number of nitrogens with zero attached hydrogens (tertiary/aromatic N) is 2. The first-order chi connectivity index (χ1) is 8.65. The van der Waals surface area contributed by atoms with Gasteiger partial charge in [-0.15, -0.1) is 0 Å². The van der Waals surface area contributed by atoms with Gasteiger partial charge in [0.2, 0.25) is 0 Å². The minimum absolute atomic E-state index is 0.184. The van der Waals surface area contributed by atoms with Crippen molar-refractivity contribution in [3.05, 3.63) is 47.2 Å². The molecule has 1 N–H and O–H groups in total. The van der Waals surface area contributed by atoms with E-state index < -0.39 is 6.10 Å². The molecule has 1 aromatic heterocycles. The first-order valence-corrected chi connectivity index (χ1v) is 6.07. The Morgan fingerprint density at radius 3 is 3.06 bits per heavy atom. The molecule has 0 bridgehead atoms. The van der Waals surface area contributed by atoms with Gasteiger partial charge in [-0.05, 0) is 30.7 Å². The SMILES string of the molecule is Cc1ccc(Cl)c(OC[C@@H](O)Cn2cccn2)c1. The van der Waals surface area contributed by atoms with Gasteiger partial charge >= 0.3 is 0 Å². The van der Waals surface area contributed by atoms with E-state index in [1.807, 2.05) is 25.1 Å². The Kier molecular flexibility index (Phi) is 4.23. The topological polar surface area (TPSA) is 47.3 Å². The molecule has 0 saturated heterocycles. The molecule has 0 amide bonds. The first kappa shape index (κ1) is 12.9. The molecule has 18 heavy (non-hydrogen) atoms. The molecule has 1 heterocycles. The molecule has 5 heteroatoms. The average molecular weight is 267 g/mol. The third kappa shape index (κ3) is 3.48. The average Bonchev–Trinajstić information content (AvgIpc) is 2.83. The maximum absolute atomic E-state index is 9.81. The predicted octanol–water partition coefficient (Wildman–Crippen LogP) is 2.28. The predicted molar refractivity (Wildman–Crippen MR) is 69.9 cm³/mol. The second-order valence-corrected chi connectivity index (χ2v) is 4.53. The molecular weight excluding hydrogens is 252 g/mol. The summed E-state index contributed by atoms with van der Waals surface area (Å²) in [6.45, 7) is 2.54. The van der Waals surface area contributed by atoms with E-state index in [1.54, 1.807) is 23.1 Å². The third-order valence-electron chi connectivity index (χ3n) is 2.47. The third-order valence-corrected chi connectivity index (χ3v) is 2.79. The van der Waals surface area contributed by atoms with Crippen LogP contribution in [0, 0.1) is 6.92 Å². The lowest BCUT2D eigenvalue weighted by atomic mass is 10.2. The summed E-state index contributed by atoms with van der Waals surface area (Å²) in [5.41, 5.74) is 1.07. The van der Waals surface area contributed by atoms with Crippen molar-refractivity contribution in [2.24, 2.45) is 0 Å². The molecule has 0 aliphatic heterocycles. The Bertz CT molecular complexity index is 500. The van der Waals surface area contributed by atoms with Gasteiger partial charge in [0.05, 0.1) is 11.6 Å². The van der Waals surface area contributed by atoms with Crippen LogP contribution in [0.25, 0.3) is 0 Å². The van der Waals surface area contributed by atoms with E-state index in [4.69, 9.17) is 16.3 Å². The monoisotopic (exact) mass is 266 g/mol. The number of halogens is 1. The molecule has 2 rings (SSSR count). The number of rotatable bonds is 5. The standard InChI is InChI=1S/C13H15ClN2O2/c1-10-3-4-12(14)13(7-10)18-9-11(17)8-16-6-2-5-15-16/h2-7,11,17H,8-9H2,1H3/t11-/m0/s1. The van der Waals surface area contributed by atoms with Gasteiger partial charge in [0.1, 0.15) is 18.5 Å². The summed E-state index contributed by atoms with van der Waals surface area (Å²) in [7, 11) is 0. The zero-order chi connectivity index (χ0) is 13.0. The van der Waals surface area contributed by atoms with Crippen molar-refractivity contribution in [3.8, 4) is 5.75 Å². The fraction of sp³-hybridized carbons (Fsp3) is 0.308. The van der Waals surface area contributed by atoms with E-state index in [0.29, 0.717) is 17.3 Å². The van der Waals surface area contributed by atoms with Gasteiger partial charge in [0.25, 0.3) is 0 Å². The summed E-state index contributed by atoms with van der Waals surface area (Å²) in [5.74, 6) is 0.594. The van der Waals surface area contributed by atoms with Crippen molar-refractivity contribution in [1.29, 1.82) is 0 Å². The van der Waals surface area contributed by atoms with E-state index in [1.165, 1.54) is 0 Å². The van der Waals surface area contributed by atoms with Crippen molar-refractivity contribution in [3.63, 3.8) is 0 Å². The number of aryl methyl sites for hydroxylation is 1. The van der Waals surface area contributed by atoms with Crippen molar-refractivity contribution in [2.45, 2.75) is 19.6 Å². The number of benzene rings is 1. The second-order valence-electron chi connectivity index (χ2n) is 4.13. The van der Waals surface area contributed by atoms with Crippen LogP contribution >= 0.6 is 11.6 Å². The van der Waals surface area contributed by atoms with E-state index in [0.717, 1.165) is 5.56 Å². The van der Waals surface area contributed by atoms with Crippen molar-refractivity contribution in [1.82, 2.24) is 9.78 Å². The van der Waals surface area contributed by atoms with Crippen LogP contribution < -0.4 is 4.74 Å². The Morgan fingerprint density at radius 1 is 1.50 bits per heavy atom. The van der Waals surface area contributed by atoms with Crippen molar-refractivity contribution in [2.75, 3.05) is 6.61 Å². The van der Waals surface area contributed by atoms with E-state index in [9.17, 15) is 5.11 Å². The molecule has 0 fully saturated rings. The number of aliphatic hydroxyl groups is 1. The fourth-order valence-corrected chi connectivity index (χ4v) is 1.76. The second kappa shape index (κ2) is 5.89. The molecule has 0 aliphatic rings. The molecule has 0 aliphatic carbocycles. The highest BCUT2D eigenvalue weighted by atomic mass is 35.5. The van der Waals surface area contributed by atoms with Crippen LogP contribution in [0.2, 0.25) is 5.02 Å². The van der Waals surface area contributed by atoms with Crippen LogP contribution in [-0.2, 0) is 6.54 Å². The highest BCUT2D eigenvalue weighted by Gasteiger charge is 2.08. The van der Waals surface area contributed by atoms with Crippen LogP contribution in [0.3, 0.4) is 0 Å². The Morgan fingerprint density at radius 2 is 2.33 bits per heavy atom. The zero-order valence-electron chi connectivity index (χ0n) is 10.1. The molecular formula is C13H15ClN2O2. The van der Waals surface area contributed by atoms with Crippen LogP contribution in [-0.4, -0.2) is 27.6 Å². The van der Waals surface area contributed by atoms with Crippen molar-refractivity contribution < 1.29 is 9.84 Å². The number of ether oxygens (including phenoxy) is 1. The Balaban J connectivity index is 1.89. The van der Waals surface area contributed by atoms with E-state index in [-0.39, 0.29) is 6.61 Å². The minimum atomic E-state index is -0.624. The van der Waals surface area contributed by atoms with Gasteiger partial charge in [-0.2, -0.15) is 5.10 Å². The van der Waals surface area contributed by atoms with Crippen LogP contribution in [0.15, 0.2) is 36.7 Å². The Labute approximate surface area is 111 Å². The molecule has 4 nitrogen and oxygen atoms in total. The van der Waals surface area contributed by atoms with Gasteiger partial charge in [0.15, 0.2) is 0 Å². The summed E-state index contributed by atoms with van der Waals surface area (Å²) in [6, 6.07) is 7.36. The minimum Gasteiger partial charge on any atom is -0.489 e. The number of aromatic nitrogens is 2. The summed E-state index contributed by atoms with van der Waals surface area (Å²) >= 11 is 6.00. The normalized spacial score (nSPS) is 12.4. The molecule has 1 aromatic carbocycles. The summed E-state index contributed by atoms with van der Waals surface area (Å²) in [5, 5.41) is 14.4. The molecule has 1 atom stereocenters. The maximum Gasteiger partial charge on any atom is 0.138 e. The van der Waals surface area contributed by atoms with Crippen molar-refractivity contribution >= 4 is 11.6 Å². The number of hydrogen-bond acceptors (Lipinski definition) is 3. The smallest absolute Gasteiger partial charge is 0.138 e. The van der Waals surface area contributed by atoms with Gasteiger partial charge in [-0.1, -0.05) is 17.7 Å². The molecule has 0 radical (unpaired) electrons. The first-order valence-electron chi connectivity index (χ1n) is 5.69. The molecule has 2 aromatic rings. The molecule has 0 spiro atoms. The molecule has 0 unspecified atom stereocenters. The fourth-order valence-electron chi connectivity index (χ4n) is 1.58.